The minimum absolute atomic E-state index is 0.00155. The van der Waals surface area contributed by atoms with Gasteiger partial charge in [0, 0.05) is 38.3 Å². The molecule has 0 radical (unpaired) electrons. The number of rotatable bonds is 10. The zero-order valence-corrected chi connectivity index (χ0v) is 22.4. The number of amides is 2. The minimum Gasteiger partial charge on any atom is -0.497 e. The van der Waals surface area contributed by atoms with E-state index in [1.54, 1.807) is 12.0 Å². The van der Waals surface area contributed by atoms with Crippen molar-refractivity contribution in [3.63, 3.8) is 0 Å². The maximum Gasteiger partial charge on any atom is 0.242 e. The van der Waals surface area contributed by atoms with Crippen molar-refractivity contribution in [2.45, 2.75) is 32.6 Å². The molecule has 0 aliphatic carbocycles. The molecule has 3 aromatic rings. The van der Waals surface area contributed by atoms with E-state index in [2.05, 4.69) is 22.0 Å². The molecule has 1 aliphatic heterocycles. The average Bonchev–Trinajstić information content (AvgIpc) is 3.22. The lowest BCUT2D eigenvalue weighted by Gasteiger charge is -2.27. The van der Waals surface area contributed by atoms with Crippen molar-refractivity contribution in [3.05, 3.63) is 72.3 Å². The first-order valence-corrected chi connectivity index (χ1v) is 13.4. The number of methoxy groups -OCH3 is 1. The van der Waals surface area contributed by atoms with E-state index in [0.29, 0.717) is 32.6 Å². The van der Waals surface area contributed by atoms with E-state index in [4.69, 9.17) is 4.74 Å². The Hall–Kier alpha value is -3.94. The van der Waals surface area contributed by atoms with Gasteiger partial charge in [0.05, 0.1) is 25.8 Å². The van der Waals surface area contributed by atoms with Crippen molar-refractivity contribution in [2.75, 3.05) is 51.3 Å². The van der Waals surface area contributed by atoms with E-state index in [0.717, 1.165) is 54.2 Å². The molecule has 2 aromatic carbocycles. The quantitative estimate of drug-likeness (QED) is 0.405. The molecular weight excluding hydrogens is 478 g/mol. The molecule has 8 heteroatoms. The number of carbonyl (C=O) groups excluding carboxylic acids is 2. The largest absolute Gasteiger partial charge is 0.497 e. The van der Waals surface area contributed by atoms with Crippen molar-refractivity contribution < 1.29 is 14.3 Å². The van der Waals surface area contributed by atoms with E-state index < -0.39 is 0 Å². The highest BCUT2D eigenvalue weighted by Gasteiger charge is 2.24. The number of benzene rings is 2. The Morgan fingerprint density at radius 3 is 2.39 bits per heavy atom. The second-order valence-electron chi connectivity index (χ2n) is 9.56. The Labute approximate surface area is 225 Å². The molecule has 0 N–H and O–H groups in total. The fourth-order valence-corrected chi connectivity index (χ4v) is 4.59. The summed E-state index contributed by atoms with van der Waals surface area (Å²) in [7, 11) is 1.65. The second-order valence-corrected chi connectivity index (χ2v) is 9.56. The van der Waals surface area contributed by atoms with Crippen molar-refractivity contribution in [1.82, 2.24) is 20.0 Å². The number of hydrogen-bond donors (Lipinski definition) is 0. The fourth-order valence-electron chi connectivity index (χ4n) is 4.59. The topological polar surface area (TPSA) is 78.9 Å². The zero-order chi connectivity index (χ0) is 26.7. The highest BCUT2D eigenvalue weighted by molar-refractivity contribution is 5.86. The number of unbranched alkanes of at least 4 members (excludes halogenated alkanes) is 1. The maximum atomic E-state index is 13.2. The fraction of sp³-hybridized carbons (Fsp3) is 0.400. The van der Waals surface area contributed by atoms with Gasteiger partial charge in [-0.3, -0.25) is 9.59 Å². The normalized spacial score (nSPS) is 13.6. The summed E-state index contributed by atoms with van der Waals surface area (Å²) in [6.45, 7) is 5.56. The highest BCUT2D eigenvalue weighted by Crippen LogP contribution is 2.22. The molecule has 0 spiro atoms. The van der Waals surface area contributed by atoms with Crippen LogP contribution in [0.1, 0.15) is 31.7 Å². The van der Waals surface area contributed by atoms with Gasteiger partial charge in [-0.1, -0.05) is 43.7 Å². The standard InChI is InChI=1S/C30H37N5O3/c1-3-4-17-35(29(36)22-24-9-6-5-7-10-24)23-30(37)34-19-8-18-33(20-21-34)28-16-15-27(31-32-28)25-11-13-26(38-2)14-12-25/h5-7,9-16H,3-4,8,17-23H2,1-2H3. The number of hydrogen-bond acceptors (Lipinski definition) is 6. The molecule has 0 unspecified atom stereocenters. The van der Waals surface area contributed by atoms with Crippen LogP contribution in [0.15, 0.2) is 66.7 Å². The van der Waals surface area contributed by atoms with Gasteiger partial charge >= 0.3 is 0 Å². The van der Waals surface area contributed by atoms with Crippen molar-refractivity contribution in [3.8, 4) is 17.0 Å². The number of aromatic nitrogens is 2. The lowest BCUT2D eigenvalue weighted by atomic mass is 10.1. The first-order valence-electron chi connectivity index (χ1n) is 13.4. The summed E-state index contributed by atoms with van der Waals surface area (Å²) in [6, 6.07) is 21.4. The Kier molecular flexibility index (Phi) is 9.67. The molecular formula is C30H37N5O3. The molecule has 0 atom stereocenters. The number of ether oxygens (including phenoxy) is 1. The summed E-state index contributed by atoms with van der Waals surface area (Å²) in [6.07, 6.45) is 3.00. The highest BCUT2D eigenvalue weighted by atomic mass is 16.5. The predicted molar refractivity (Wildman–Crippen MR) is 149 cm³/mol. The third-order valence-electron chi connectivity index (χ3n) is 6.87. The van der Waals surface area contributed by atoms with Gasteiger partial charge in [-0.2, -0.15) is 0 Å². The predicted octanol–water partition coefficient (Wildman–Crippen LogP) is 4.06. The van der Waals surface area contributed by atoms with Crippen LogP contribution in [0.3, 0.4) is 0 Å². The Morgan fingerprint density at radius 1 is 0.921 bits per heavy atom. The van der Waals surface area contributed by atoms with Gasteiger partial charge in [0.2, 0.25) is 11.8 Å². The molecule has 2 heterocycles. The second kappa shape index (κ2) is 13.6. The van der Waals surface area contributed by atoms with Gasteiger partial charge in [0.15, 0.2) is 5.82 Å². The van der Waals surface area contributed by atoms with Crippen LogP contribution in [0, 0.1) is 0 Å². The maximum absolute atomic E-state index is 13.2. The molecule has 38 heavy (non-hydrogen) atoms. The van der Waals surface area contributed by atoms with Crippen LogP contribution in [0.4, 0.5) is 5.82 Å². The molecule has 200 valence electrons. The van der Waals surface area contributed by atoms with Gasteiger partial charge in [0.25, 0.3) is 0 Å². The van der Waals surface area contributed by atoms with Gasteiger partial charge in [-0.05, 0) is 54.8 Å². The number of nitrogens with zero attached hydrogens (tertiary/aromatic N) is 5. The average molecular weight is 516 g/mol. The van der Waals surface area contributed by atoms with Crippen molar-refractivity contribution >= 4 is 17.6 Å². The summed E-state index contributed by atoms with van der Waals surface area (Å²) >= 11 is 0. The first kappa shape index (κ1) is 27.1. The third kappa shape index (κ3) is 7.31. The summed E-state index contributed by atoms with van der Waals surface area (Å²) in [4.78, 5) is 32.1. The van der Waals surface area contributed by atoms with E-state index >= 15 is 0 Å². The van der Waals surface area contributed by atoms with Gasteiger partial charge < -0.3 is 19.4 Å². The lowest BCUT2D eigenvalue weighted by molar-refractivity contribution is -0.140. The third-order valence-corrected chi connectivity index (χ3v) is 6.87. The Bertz CT molecular complexity index is 1170. The van der Waals surface area contributed by atoms with Crippen molar-refractivity contribution in [2.24, 2.45) is 0 Å². The van der Waals surface area contributed by atoms with Crippen LogP contribution in [0.2, 0.25) is 0 Å². The van der Waals surface area contributed by atoms with E-state index in [9.17, 15) is 9.59 Å². The number of carbonyl (C=O) groups is 2. The van der Waals surface area contributed by atoms with Crippen LogP contribution in [0.25, 0.3) is 11.3 Å². The molecule has 0 saturated carbocycles. The summed E-state index contributed by atoms with van der Waals surface area (Å²) in [5.74, 6) is 1.61. The lowest BCUT2D eigenvalue weighted by Crippen LogP contribution is -2.45. The minimum atomic E-state index is 0.00155. The van der Waals surface area contributed by atoms with E-state index in [1.165, 1.54) is 0 Å². The molecule has 1 aliphatic rings. The zero-order valence-electron chi connectivity index (χ0n) is 22.4. The van der Waals surface area contributed by atoms with Crippen LogP contribution in [-0.2, 0) is 16.0 Å². The summed E-state index contributed by atoms with van der Waals surface area (Å²) in [5.41, 5.74) is 2.75. The van der Waals surface area contributed by atoms with Crippen LogP contribution in [-0.4, -0.2) is 78.2 Å². The molecule has 1 saturated heterocycles. The van der Waals surface area contributed by atoms with E-state index in [1.807, 2.05) is 71.6 Å². The molecule has 1 fully saturated rings. The van der Waals surface area contributed by atoms with Gasteiger partial charge in [-0.25, -0.2) is 0 Å². The molecule has 1 aromatic heterocycles. The van der Waals surface area contributed by atoms with Crippen LogP contribution < -0.4 is 9.64 Å². The monoisotopic (exact) mass is 515 g/mol. The smallest absolute Gasteiger partial charge is 0.242 e. The molecule has 4 rings (SSSR count). The molecule has 8 nitrogen and oxygen atoms in total. The molecule has 2 amide bonds. The van der Waals surface area contributed by atoms with Crippen molar-refractivity contribution in [1.29, 1.82) is 0 Å². The van der Waals surface area contributed by atoms with E-state index in [-0.39, 0.29) is 18.4 Å². The SMILES string of the molecule is CCCCN(CC(=O)N1CCCN(c2ccc(-c3ccc(OC)cc3)nn2)CC1)C(=O)Cc1ccccc1. The van der Waals surface area contributed by atoms with Gasteiger partial charge in [-0.15, -0.1) is 10.2 Å². The number of anilines is 1. The first-order chi connectivity index (χ1) is 18.6. The van der Waals surface area contributed by atoms with Gasteiger partial charge in [0.1, 0.15) is 5.75 Å². The molecule has 0 bridgehead atoms. The van der Waals surface area contributed by atoms with Crippen LogP contribution >= 0.6 is 0 Å². The Balaban J connectivity index is 1.34. The Morgan fingerprint density at radius 2 is 1.71 bits per heavy atom. The summed E-state index contributed by atoms with van der Waals surface area (Å²) < 4.78 is 5.22. The summed E-state index contributed by atoms with van der Waals surface area (Å²) in [5, 5.41) is 8.90. The van der Waals surface area contributed by atoms with Crippen LogP contribution in [0.5, 0.6) is 5.75 Å².